The van der Waals surface area contributed by atoms with E-state index in [1.54, 1.807) is 13.0 Å². The second-order valence-electron chi connectivity index (χ2n) is 8.77. The lowest BCUT2D eigenvalue weighted by atomic mass is 9.65. The molecule has 1 fully saturated rings. The zero-order valence-electron chi connectivity index (χ0n) is 19.2. The summed E-state index contributed by atoms with van der Waals surface area (Å²) in [5, 5.41) is 3.22. The van der Waals surface area contributed by atoms with Gasteiger partial charge in [-0.2, -0.15) is 0 Å². The topological polar surface area (TPSA) is 84.9 Å². The van der Waals surface area contributed by atoms with Gasteiger partial charge in [-0.05, 0) is 51.4 Å². The predicted molar refractivity (Wildman–Crippen MR) is 126 cm³/mol. The van der Waals surface area contributed by atoms with Crippen LogP contribution in [0.2, 0.25) is 15.9 Å². The molecule has 1 heterocycles. The molecule has 1 aliphatic heterocycles. The van der Waals surface area contributed by atoms with E-state index >= 15 is 0 Å². The van der Waals surface area contributed by atoms with Crippen LogP contribution < -0.4 is 5.32 Å². The molecule has 1 N–H and O–H groups in total. The number of benzene rings is 1. The summed E-state index contributed by atoms with van der Waals surface area (Å²) in [5.41, 5.74) is 0.204. The molecule has 0 aromatic heterocycles. The highest BCUT2D eigenvalue weighted by Gasteiger charge is 2.40. The normalized spacial score (nSPS) is 21.0. The first-order chi connectivity index (χ1) is 15.0. The maximum atomic E-state index is 12.7. The molecule has 1 aliphatic rings. The van der Waals surface area contributed by atoms with Crippen LogP contribution in [0.5, 0.6) is 0 Å². The Morgan fingerprint density at radius 1 is 1.28 bits per heavy atom. The van der Waals surface area contributed by atoms with E-state index in [0.29, 0.717) is 18.1 Å². The van der Waals surface area contributed by atoms with Gasteiger partial charge in [-0.15, -0.1) is 0 Å². The molecule has 3 atom stereocenters. The van der Waals surface area contributed by atoms with Gasteiger partial charge in [-0.1, -0.05) is 37.0 Å². The monoisotopic (exact) mass is 484 g/mol. The molecule has 0 spiro atoms. The van der Waals surface area contributed by atoms with Gasteiger partial charge in [0.2, 0.25) is 0 Å². The highest BCUT2D eigenvalue weighted by Crippen LogP contribution is 2.28. The zero-order valence-corrected chi connectivity index (χ0v) is 20.7. The van der Waals surface area contributed by atoms with Gasteiger partial charge in [-0.3, -0.25) is 19.3 Å². The van der Waals surface area contributed by atoms with E-state index in [1.807, 2.05) is 32.7 Å². The van der Waals surface area contributed by atoms with Gasteiger partial charge in [0.05, 0.1) is 17.1 Å². The van der Waals surface area contributed by atoms with Crippen molar-refractivity contribution < 1.29 is 23.7 Å². The molecule has 10 heteroatoms. The van der Waals surface area contributed by atoms with E-state index in [1.165, 1.54) is 12.1 Å². The lowest BCUT2D eigenvalue weighted by Crippen LogP contribution is -2.51. The van der Waals surface area contributed by atoms with Crippen LogP contribution in [-0.4, -0.2) is 62.0 Å². The number of rotatable bonds is 8. The third-order valence-electron chi connectivity index (χ3n) is 5.65. The second-order valence-corrected chi connectivity index (χ2v) is 9.61. The third-order valence-corrected chi connectivity index (χ3v) is 6.21. The number of nitrogens with one attached hydrogen (secondary N) is 1. The highest BCUT2D eigenvalue weighted by atomic mass is 35.5. The standard InChI is InChI=1S/C22H31BCl2N2O5/c1-13(2)8-16(23-31-12-14(3)27(5)15(4)22(30)32-23)9-18(28)11-26-21(29)19-10-17(24)6-7-20(19)25/h6-7,10,13-16H,8-9,11-12H2,1-5H3,(H,26,29)/t14-,15-,16-/m1/s1. The van der Waals surface area contributed by atoms with Gasteiger partial charge in [0.25, 0.3) is 5.91 Å². The fraction of sp³-hybridized carbons (Fsp3) is 0.591. The molecule has 7 nitrogen and oxygen atoms in total. The number of likely N-dealkylation sites (N-methyl/N-ethyl adjacent to an activating group) is 1. The summed E-state index contributed by atoms with van der Waals surface area (Å²) in [7, 11) is 1.04. The first kappa shape index (κ1) is 26.6. The van der Waals surface area contributed by atoms with Gasteiger partial charge in [0, 0.05) is 29.9 Å². The smallest absolute Gasteiger partial charge is 0.508 e. The minimum atomic E-state index is -0.814. The molecule has 2 rings (SSSR count). The maximum Gasteiger partial charge on any atom is 0.531 e. The van der Waals surface area contributed by atoms with E-state index in [4.69, 9.17) is 32.5 Å². The number of carbonyl (C=O) groups excluding carboxylic acids is 3. The minimum Gasteiger partial charge on any atom is -0.508 e. The molecule has 1 saturated heterocycles. The fourth-order valence-corrected chi connectivity index (χ4v) is 3.96. The number of hydrogen-bond acceptors (Lipinski definition) is 6. The quantitative estimate of drug-likeness (QED) is 0.563. The van der Waals surface area contributed by atoms with E-state index < -0.39 is 19.1 Å². The molecule has 32 heavy (non-hydrogen) atoms. The second kappa shape index (κ2) is 12.0. The lowest BCUT2D eigenvalue weighted by Gasteiger charge is -2.35. The average molecular weight is 485 g/mol. The van der Waals surface area contributed by atoms with Crippen molar-refractivity contribution in [3.8, 4) is 0 Å². The summed E-state index contributed by atoms with van der Waals surface area (Å²) >= 11 is 12.0. The third kappa shape index (κ3) is 7.47. The SMILES string of the molecule is CC(C)C[C@H](CC(=O)CNC(=O)c1cc(Cl)ccc1Cl)B1OC[C@@H](C)N(C)[C@H](C)C(=O)O1. The number of Topliss-reactive ketones (excluding diaryl/α,β-unsaturated/α-hetero) is 1. The van der Waals surface area contributed by atoms with Crippen LogP contribution in [-0.2, 0) is 18.9 Å². The molecule has 1 aromatic carbocycles. The minimum absolute atomic E-state index is 0.0254. The molecule has 0 aliphatic carbocycles. The molecule has 0 bridgehead atoms. The maximum absolute atomic E-state index is 12.7. The van der Waals surface area contributed by atoms with Crippen LogP contribution in [0, 0.1) is 5.92 Å². The largest absolute Gasteiger partial charge is 0.531 e. The number of ketones is 1. The van der Waals surface area contributed by atoms with Crippen molar-refractivity contribution >= 4 is 48.0 Å². The summed E-state index contributed by atoms with van der Waals surface area (Å²) < 4.78 is 11.6. The van der Waals surface area contributed by atoms with Crippen LogP contribution >= 0.6 is 23.2 Å². The van der Waals surface area contributed by atoms with Crippen molar-refractivity contribution in [2.45, 2.75) is 58.4 Å². The summed E-state index contributed by atoms with van der Waals surface area (Å²) in [6.07, 6.45) is 0.745. The molecular weight excluding hydrogens is 454 g/mol. The van der Waals surface area contributed by atoms with E-state index in [0.717, 1.165) is 0 Å². The van der Waals surface area contributed by atoms with Crippen LogP contribution in [0.4, 0.5) is 0 Å². The molecule has 0 unspecified atom stereocenters. The van der Waals surface area contributed by atoms with Crippen LogP contribution in [0.1, 0.15) is 50.9 Å². The van der Waals surface area contributed by atoms with Crippen molar-refractivity contribution in [2.24, 2.45) is 5.92 Å². The van der Waals surface area contributed by atoms with Crippen molar-refractivity contribution in [2.75, 3.05) is 20.2 Å². The molecule has 0 saturated carbocycles. The van der Waals surface area contributed by atoms with Gasteiger partial charge in [-0.25, -0.2) is 0 Å². The highest BCUT2D eigenvalue weighted by molar-refractivity contribution is 6.49. The van der Waals surface area contributed by atoms with Crippen molar-refractivity contribution in [3.63, 3.8) is 0 Å². The van der Waals surface area contributed by atoms with Crippen LogP contribution in [0.15, 0.2) is 18.2 Å². The Labute approximate surface area is 200 Å². The Balaban J connectivity index is 2.04. The van der Waals surface area contributed by atoms with Crippen molar-refractivity contribution in [1.29, 1.82) is 0 Å². The van der Waals surface area contributed by atoms with Crippen molar-refractivity contribution in [1.82, 2.24) is 10.2 Å². The summed E-state index contributed by atoms with van der Waals surface area (Å²) in [6, 6.07) is 4.18. The van der Waals surface area contributed by atoms with Crippen molar-refractivity contribution in [3.05, 3.63) is 33.8 Å². The lowest BCUT2D eigenvalue weighted by molar-refractivity contribution is -0.144. The van der Waals surface area contributed by atoms with E-state index in [-0.39, 0.29) is 53.1 Å². The molecule has 176 valence electrons. The predicted octanol–water partition coefficient (Wildman–Crippen LogP) is 3.87. The number of halogens is 2. The zero-order chi connectivity index (χ0) is 24.0. The summed E-state index contributed by atoms with van der Waals surface area (Å²) in [4.78, 5) is 39.5. The van der Waals surface area contributed by atoms with Gasteiger partial charge >= 0.3 is 13.1 Å². The number of hydrogen-bond donors (Lipinski definition) is 1. The van der Waals surface area contributed by atoms with Gasteiger partial charge in [0.15, 0.2) is 5.78 Å². The Morgan fingerprint density at radius 3 is 2.62 bits per heavy atom. The Hall–Kier alpha value is -1.61. The van der Waals surface area contributed by atoms with Crippen LogP contribution in [0.3, 0.4) is 0 Å². The van der Waals surface area contributed by atoms with Gasteiger partial charge in [0.1, 0.15) is 6.04 Å². The Kier molecular flexibility index (Phi) is 10.0. The first-order valence-corrected chi connectivity index (χ1v) is 11.5. The number of nitrogens with zero attached hydrogens (tertiary/aromatic N) is 1. The van der Waals surface area contributed by atoms with Gasteiger partial charge < -0.3 is 14.6 Å². The Morgan fingerprint density at radius 2 is 1.97 bits per heavy atom. The number of amides is 1. The molecular formula is C22H31BCl2N2O5. The Bertz CT molecular complexity index is 839. The van der Waals surface area contributed by atoms with Crippen LogP contribution in [0.25, 0.3) is 0 Å². The van der Waals surface area contributed by atoms with E-state index in [2.05, 4.69) is 5.32 Å². The summed E-state index contributed by atoms with van der Waals surface area (Å²) in [6.45, 7) is 8.04. The number of carbonyl (C=O) groups is 3. The molecule has 1 aromatic rings. The summed E-state index contributed by atoms with van der Waals surface area (Å²) in [5.74, 6) is -1.11. The average Bonchev–Trinajstić information content (AvgIpc) is 2.73. The molecule has 1 amide bonds. The van der Waals surface area contributed by atoms with E-state index in [9.17, 15) is 14.4 Å². The molecule has 0 radical (unpaired) electrons. The first-order valence-electron chi connectivity index (χ1n) is 10.8. The fourth-order valence-electron chi connectivity index (χ4n) is 3.59.